The molecular weight excluding hydrogens is 430 g/mol. The fourth-order valence-electron chi connectivity index (χ4n) is 3.42. The SMILES string of the molecule is COc1ccc(S(=O)(=O)ON=C2CCCCC2c2ccc([N+](=O)[O-])cc2[N+](=O)[O-])cc1. The van der Waals surface area contributed by atoms with Gasteiger partial charge in [-0.05, 0) is 49.6 Å². The molecular formula is C19H19N3O8S. The number of ether oxygens (including phenoxy) is 1. The highest BCUT2D eigenvalue weighted by molar-refractivity contribution is 7.86. The first-order chi connectivity index (χ1) is 14.7. The van der Waals surface area contributed by atoms with Crippen molar-refractivity contribution in [1.29, 1.82) is 0 Å². The molecule has 12 heteroatoms. The second kappa shape index (κ2) is 9.08. The van der Waals surface area contributed by atoms with Crippen LogP contribution in [0.25, 0.3) is 0 Å². The van der Waals surface area contributed by atoms with Gasteiger partial charge in [-0.25, -0.2) is 0 Å². The van der Waals surface area contributed by atoms with Gasteiger partial charge in [-0.2, -0.15) is 8.42 Å². The first kappa shape index (κ1) is 22.2. The maximum absolute atomic E-state index is 12.5. The Hall–Kier alpha value is -3.54. The molecule has 11 nitrogen and oxygen atoms in total. The largest absolute Gasteiger partial charge is 0.497 e. The van der Waals surface area contributed by atoms with Crippen molar-refractivity contribution >= 4 is 27.2 Å². The lowest BCUT2D eigenvalue weighted by Crippen LogP contribution is -2.20. The molecule has 0 aromatic heterocycles. The molecule has 0 spiro atoms. The molecule has 164 valence electrons. The van der Waals surface area contributed by atoms with Gasteiger partial charge in [-0.1, -0.05) is 11.6 Å². The Kier molecular flexibility index (Phi) is 6.49. The number of nitro benzene ring substituents is 2. The molecule has 31 heavy (non-hydrogen) atoms. The topological polar surface area (TPSA) is 151 Å². The molecule has 1 aliphatic carbocycles. The standard InChI is InChI=1S/C19H19N3O8S/c1-29-14-7-9-15(10-8-14)31(27,28)30-20-18-5-3-2-4-16(18)17-11-6-13(21(23)24)12-19(17)22(25)26/h6-12,16H,2-5H2,1H3. The average Bonchev–Trinajstić information content (AvgIpc) is 2.77. The van der Waals surface area contributed by atoms with E-state index in [1.54, 1.807) is 0 Å². The van der Waals surface area contributed by atoms with E-state index in [-0.39, 0.29) is 10.5 Å². The van der Waals surface area contributed by atoms with Gasteiger partial charge in [0.1, 0.15) is 10.6 Å². The van der Waals surface area contributed by atoms with Gasteiger partial charge < -0.3 is 4.74 Å². The second-order valence-electron chi connectivity index (χ2n) is 6.84. The molecule has 2 aromatic rings. The van der Waals surface area contributed by atoms with E-state index in [9.17, 15) is 28.6 Å². The molecule has 2 aromatic carbocycles. The third kappa shape index (κ3) is 4.97. The Balaban J connectivity index is 1.92. The zero-order valence-corrected chi connectivity index (χ0v) is 17.3. The summed E-state index contributed by atoms with van der Waals surface area (Å²) in [5, 5.41) is 26.3. The molecule has 0 heterocycles. The minimum atomic E-state index is -4.20. The van der Waals surface area contributed by atoms with Gasteiger partial charge in [-0.15, -0.1) is 0 Å². The van der Waals surface area contributed by atoms with Gasteiger partial charge in [0.05, 0.1) is 28.7 Å². The summed E-state index contributed by atoms with van der Waals surface area (Å²) in [7, 11) is -2.75. The number of nitrogens with zero attached hydrogens (tertiary/aromatic N) is 3. The lowest BCUT2D eigenvalue weighted by molar-refractivity contribution is -0.394. The maximum Gasteiger partial charge on any atom is 0.358 e. The molecule has 1 saturated carbocycles. The van der Waals surface area contributed by atoms with Gasteiger partial charge >= 0.3 is 10.1 Å². The Labute approximate surface area is 177 Å². The van der Waals surface area contributed by atoms with Crippen molar-refractivity contribution < 1.29 is 27.3 Å². The van der Waals surface area contributed by atoms with Gasteiger partial charge in [0, 0.05) is 17.5 Å². The summed E-state index contributed by atoms with van der Waals surface area (Å²) in [6.07, 6.45) is 2.31. The van der Waals surface area contributed by atoms with E-state index >= 15 is 0 Å². The number of hydrogen-bond donors (Lipinski definition) is 0. The van der Waals surface area contributed by atoms with Crippen molar-refractivity contribution in [2.75, 3.05) is 7.11 Å². The highest BCUT2D eigenvalue weighted by Crippen LogP contribution is 2.38. The second-order valence-corrected chi connectivity index (χ2v) is 8.37. The summed E-state index contributed by atoms with van der Waals surface area (Å²) in [5.41, 5.74) is -0.241. The number of non-ortho nitro benzene ring substituents is 1. The third-order valence-electron chi connectivity index (χ3n) is 4.98. The molecule has 3 rings (SSSR count). The van der Waals surface area contributed by atoms with E-state index in [1.165, 1.54) is 43.5 Å². The summed E-state index contributed by atoms with van der Waals surface area (Å²) < 4.78 is 34.8. The van der Waals surface area contributed by atoms with Crippen LogP contribution in [0.15, 0.2) is 52.5 Å². The van der Waals surface area contributed by atoms with Gasteiger partial charge in [0.15, 0.2) is 0 Å². The third-order valence-corrected chi connectivity index (χ3v) is 6.10. The molecule has 0 radical (unpaired) electrons. The van der Waals surface area contributed by atoms with Crippen molar-refractivity contribution in [2.24, 2.45) is 5.16 Å². The lowest BCUT2D eigenvalue weighted by atomic mass is 9.81. The van der Waals surface area contributed by atoms with E-state index in [4.69, 9.17) is 9.02 Å². The van der Waals surface area contributed by atoms with Crippen LogP contribution in [0, 0.1) is 20.2 Å². The maximum atomic E-state index is 12.5. The Bertz CT molecular complexity index is 1130. The zero-order chi connectivity index (χ0) is 22.6. The number of methoxy groups -OCH3 is 1. The minimum absolute atomic E-state index is 0.119. The molecule has 0 amide bonds. The predicted octanol–water partition coefficient (Wildman–Crippen LogP) is 3.93. The molecule has 1 aliphatic rings. The van der Waals surface area contributed by atoms with E-state index in [1.807, 2.05) is 0 Å². The normalized spacial score (nSPS) is 17.8. The highest BCUT2D eigenvalue weighted by Gasteiger charge is 2.31. The molecule has 1 unspecified atom stereocenters. The van der Waals surface area contributed by atoms with Gasteiger partial charge in [-0.3, -0.25) is 24.5 Å². The summed E-state index contributed by atoms with van der Waals surface area (Å²) in [4.78, 5) is 21.0. The van der Waals surface area contributed by atoms with E-state index in [0.717, 1.165) is 12.5 Å². The van der Waals surface area contributed by atoms with Crippen LogP contribution in [-0.4, -0.2) is 31.1 Å². The Morgan fingerprint density at radius 3 is 2.35 bits per heavy atom. The first-order valence-corrected chi connectivity index (χ1v) is 10.7. The number of hydrogen-bond acceptors (Lipinski definition) is 9. The van der Waals surface area contributed by atoms with Crippen LogP contribution < -0.4 is 4.74 Å². The molecule has 0 saturated heterocycles. The molecule has 0 N–H and O–H groups in total. The Morgan fingerprint density at radius 2 is 1.74 bits per heavy atom. The summed E-state index contributed by atoms with van der Waals surface area (Å²) in [6.45, 7) is 0. The van der Waals surface area contributed by atoms with E-state index < -0.39 is 37.3 Å². The van der Waals surface area contributed by atoms with Crippen LogP contribution in [0.2, 0.25) is 0 Å². The van der Waals surface area contributed by atoms with Crippen LogP contribution in [0.1, 0.15) is 37.2 Å². The molecule has 0 aliphatic heterocycles. The summed E-state index contributed by atoms with van der Waals surface area (Å²) >= 11 is 0. The molecule has 0 bridgehead atoms. The van der Waals surface area contributed by atoms with Crippen molar-refractivity contribution in [3.63, 3.8) is 0 Å². The fourth-order valence-corrected chi connectivity index (χ4v) is 4.17. The van der Waals surface area contributed by atoms with Gasteiger partial charge in [0.2, 0.25) is 0 Å². The van der Waals surface area contributed by atoms with Gasteiger partial charge in [0.25, 0.3) is 11.4 Å². The quantitative estimate of drug-likeness (QED) is 0.455. The smallest absolute Gasteiger partial charge is 0.358 e. The van der Waals surface area contributed by atoms with Crippen molar-refractivity contribution in [1.82, 2.24) is 0 Å². The first-order valence-electron chi connectivity index (χ1n) is 9.30. The van der Waals surface area contributed by atoms with Crippen molar-refractivity contribution in [3.8, 4) is 5.75 Å². The monoisotopic (exact) mass is 449 g/mol. The van der Waals surface area contributed by atoms with Crippen LogP contribution >= 0.6 is 0 Å². The van der Waals surface area contributed by atoms with Crippen molar-refractivity contribution in [3.05, 3.63) is 68.3 Å². The van der Waals surface area contributed by atoms with E-state index in [0.29, 0.717) is 30.7 Å². The number of rotatable bonds is 7. The van der Waals surface area contributed by atoms with Crippen LogP contribution in [0.5, 0.6) is 5.75 Å². The number of nitro groups is 2. The van der Waals surface area contributed by atoms with Crippen LogP contribution in [-0.2, 0) is 14.4 Å². The molecule has 1 atom stereocenters. The molecule has 1 fully saturated rings. The summed E-state index contributed by atoms with van der Waals surface area (Å²) in [5.74, 6) is -0.107. The fraction of sp³-hybridized carbons (Fsp3) is 0.316. The van der Waals surface area contributed by atoms with Crippen LogP contribution in [0.3, 0.4) is 0 Å². The lowest BCUT2D eigenvalue weighted by Gasteiger charge is -2.23. The summed E-state index contributed by atoms with van der Waals surface area (Å²) in [6, 6.07) is 8.96. The highest BCUT2D eigenvalue weighted by atomic mass is 32.2. The number of oxime groups is 1. The van der Waals surface area contributed by atoms with E-state index in [2.05, 4.69) is 5.16 Å². The van der Waals surface area contributed by atoms with Crippen LogP contribution in [0.4, 0.5) is 11.4 Å². The van der Waals surface area contributed by atoms with Crippen molar-refractivity contribution in [2.45, 2.75) is 36.5 Å². The predicted molar refractivity (Wildman–Crippen MR) is 110 cm³/mol. The Morgan fingerprint density at radius 1 is 1.03 bits per heavy atom. The number of benzene rings is 2. The minimum Gasteiger partial charge on any atom is -0.497 e. The zero-order valence-electron chi connectivity index (χ0n) is 16.5. The average molecular weight is 449 g/mol.